The number of hydrogen-bond donors (Lipinski definition) is 0. The van der Waals surface area contributed by atoms with E-state index in [-0.39, 0.29) is 20.1 Å². The van der Waals surface area contributed by atoms with Crippen molar-refractivity contribution in [2.75, 3.05) is 0 Å². The minimum absolute atomic E-state index is 0. The van der Waals surface area contributed by atoms with Crippen molar-refractivity contribution >= 4 is 22.1 Å². The molecule has 0 bridgehead atoms. The minimum atomic E-state index is 0. The van der Waals surface area contributed by atoms with Crippen LogP contribution >= 0.6 is 0 Å². The summed E-state index contributed by atoms with van der Waals surface area (Å²) < 4.78 is 6.35. The van der Waals surface area contributed by atoms with E-state index in [1.165, 1.54) is 22.3 Å². The van der Waals surface area contributed by atoms with Crippen molar-refractivity contribution in [3.63, 3.8) is 0 Å². The SMILES string of the molecule is Cc1cccc(C)c1-c1ccc2c(n1)oc1c(-c3ccc(C(C(C)C)C(C)C)cn3)[c-]ccc12.[Ir].[c-]1ccccc1-c1ccccn1. The molecular weight excluding hydrogens is 755 g/mol. The number of nitrogens with zero attached hydrogens (tertiary/aromatic N) is 3. The van der Waals surface area contributed by atoms with E-state index in [2.05, 4.69) is 101 Å². The summed E-state index contributed by atoms with van der Waals surface area (Å²) in [5.41, 5.74) is 11.0. The van der Waals surface area contributed by atoms with Crippen LogP contribution in [0.1, 0.15) is 50.3 Å². The van der Waals surface area contributed by atoms with Crippen molar-refractivity contribution in [1.82, 2.24) is 15.0 Å². The fourth-order valence-corrected chi connectivity index (χ4v) is 6.53. The summed E-state index contributed by atoms with van der Waals surface area (Å²) in [6, 6.07) is 39.0. The van der Waals surface area contributed by atoms with Crippen molar-refractivity contribution in [3.8, 4) is 33.8 Å². The van der Waals surface area contributed by atoms with Crippen LogP contribution in [0.5, 0.6) is 0 Å². The first kappa shape index (κ1) is 33.9. The number of pyridine rings is 3. The molecule has 4 heterocycles. The first-order valence-corrected chi connectivity index (χ1v) is 16.0. The quantitative estimate of drug-likeness (QED) is 0.157. The van der Waals surface area contributed by atoms with Crippen molar-refractivity contribution in [2.24, 2.45) is 11.8 Å². The molecule has 239 valence electrons. The van der Waals surface area contributed by atoms with Gasteiger partial charge in [0.15, 0.2) is 0 Å². The molecule has 0 aliphatic carbocycles. The first-order valence-electron chi connectivity index (χ1n) is 16.0. The third-order valence-electron chi connectivity index (χ3n) is 8.55. The molecule has 0 saturated heterocycles. The van der Waals surface area contributed by atoms with Gasteiger partial charge in [-0.1, -0.05) is 81.1 Å². The Morgan fingerprint density at radius 2 is 1.38 bits per heavy atom. The van der Waals surface area contributed by atoms with Gasteiger partial charge in [-0.3, -0.25) is 0 Å². The standard InChI is InChI=1S/C31H31N2O.C11H8N.Ir/c1-18(2)28(19(3)4)22-13-15-26(32-17-22)25-12-8-11-23-24-14-16-27(33-31(24)34-30(23)25)29-20(5)9-7-10-21(29)6;1-2-6-10(7-3-1)11-8-4-5-9-12-11;/h7-11,13-19,28H,1-6H3;1-6,8-9H;/q2*-1;. The Hall–Kier alpha value is -4.44. The number of rotatable bonds is 6. The van der Waals surface area contributed by atoms with Gasteiger partial charge in [-0.2, -0.15) is 0 Å². The van der Waals surface area contributed by atoms with Crippen LogP contribution in [-0.4, -0.2) is 15.0 Å². The zero-order valence-electron chi connectivity index (χ0n) is 27.7. The molecule has 4 nitrogen and oxygen atoms in total. The molecule has 4 aromatic heterocycles. The minimum Gasteiger partial charge on any atom is -0.486 e. The summed E-state index contributed by atoms with van der Waals surface area (Å²) in [5.74, 6) is 1.62. The molecule has 0 aliphatic heterocycles. The number of hydrogen-bond acceptors (Lipinski definition) is 4. The molecule has 5 heteroatoms. The Morgan fingerprint density at radius 1 is 0.638 bits per heavy atom. The Morgan fingerprint density at radius 3 is 2.02 bits per heavy atom. The van der Waals surface area contributed by atoms with Crippen LogP contribution in [0.4, 0.5) is 0 Å². The van der Waals surface area contributed by atoms with Crippen molar-refractivity contribution in [1.29, 1.82) is 0 Å². The number of furan rings is 1. The van der Waals surface area contributed by atoms with Crippen LogP contribution in [0, 0.1) is 37.8 Å². The van der Waals surface area contributed by atoms with Crippen LogP contribution in [-0.2, 0) is 20.1 Å². The average molecular weight is 794 g/mol. The predicted octanol–water partition coefficient (Wildman–Crippen LogP) is 11.1. The van der Waals surface area contributed by atoms with Gasteiger partial charge in [-0.25, -0.2) is 4.98 Å². The second-order valence-corrected chi connectivity index (χ2v) is 12.5. The molecule has 7 aromatic rings. The number of aryl methyl sites for hydroxylation is 2. The zero-order chi connectivity index (χ0) is 32.2. The normalized spacial score (nSPS) is 11.2. The molecule has 0 amide bonds. The first-order chi connectivity index (χ1) is 22.3. The summed E-state index contributed by atoms with van der Waals surface area (Å²) >= 11 is 0. The van der Waals surface area contributed by atoms with Crippen molar-refractivity contribution in [2.45, 2.75) is 47.5 Å². The summed E-state index contributed by atoms with van der Waals surface area (Å²) in [4.78, 5) is 14.0. The van der Waals surface area contributed by atoms with Crippen LogP contribution in [0.2, 0.25) is 0 Å². The molecule has 0 unspecified atom stereocenters. The summed E-state index contributed by atoms with van der Waals surface area (Å²) in [6.45, 7) is 13.4. The molecular formula is C42H39IrN3O-2. The molecule has 47 heavy (non-hydrogen) atoms. The molecule has 3 aromatic carbocycles. The van der Waals surface area contributed by atoms with E-state index in [4.69, 9.17) is 14.4 Å². The van der Waals surface area contributed by atoms with Crippen molar-refractivity contribution in [3.05, 3.63) is 138 Å². The van der Waals surface area contributed by atoms with Crippen LogP contribution in [0.15, 0.2) is 114 Å². The van der Waals surface area contributed by atoms with E-state index < -0.39 is 0 Å². The van der Waals surface area contributed by atoms with Gasteiger partial charge in [0.2, 0.25) is 5.71 Å². The molecule has 0 aliphatic rings. The van der Waals surface area contributed by atoms with E-state index in [1.807, 2.05) is 60.8 Å². The number of benzene rings is 3. The molecule has 1 radical (unpaired) electrons. The third-order valence-corrected chi connectivity index (χ3v) is 8.55. The van der Waals surface area contributed by atoms with Gasteiger partial charge in [-0.15, -0.1) is 54.1 Å². The predicted molar refractivity (Wildman–Crippen MR) is 189 cm³/mol. The fraction of sp³-hybridized carbons (Fsp3) is 0.214. The Bertz CT molecular complexity index is 2000. The van der Waals surface area contributed by atoms with Gasteiger partial charge >= 0.3 is 0 Å². The smallest absolute Gasteiger partial charge is 0.216 e. The Labute approximate surface area is 291 Å². The summed E-state index contributed by atoms with van der Waals surface area (Å²) in [7, 11) is 0. The van der Waals surface area contributed by atoms with Gasteiger partial charge in [0.1, 0.15) is 0 Å². The van der Waals surface area contributed by atoms with E-state index in [1.54, 1.807) is 6.20 Å². The van der Waals surface area contributed by atoms with Gasteiger partial charge in [-0.05, 0) is 77.9 Å². The molecule has 0 N–H and O–H groups in total. The van der Waals surface area contributed by atoms with Crippen LogP contribution in [0.25, 0.3) is 55.8 Å². The second kappa shape index (κ2) is 15.0. The van der Waals surface area contributed by atoms with E-state index in [0.29, 0.717) is 23.5 Å². The maximum Gasteiger partial charge on any atom is 0.216 e. The molecule has 7 rings (SSSR count). The summed E-state index contributed by atoms with van der Waals surface area (Å²) in [6.07, 6.45) is 3.81. The number of fused-ring (bicyclic) bond motifs is 3. The van der Waals surface area contributed by atoms with Crippen LogP contribution in [0.3, 0.4) is 0 Å². The largest absolute Gasteiger partial charge is 0.486 e. The second-order valence-electron chi connectivity index (χ2n) is 12.5. The Balaban J connectivity index is 0.000000280. The third kappa shape index (κ3) is 7.27. The van der Waals surface area contributed by atoms with Gasteiger partial charge < -0.3 is 14.4 Å². The Kier molecular flexibility index (Phi) is 10.8. The van der Waals surface area contributed by atoms with Gasteiger partial charge in [0.25, 0.3) is 0 Å². The maximum absolute atomic E-state index is 6.35. The molecule has 0 spiro atoms. The average Bonchev–Trinajstić information content (AvgIpc) is 3.44. The zero-order valence-corrected chi connectivity index (χ0v) is 30.1. The molecule has 0 fully saturated rings. The van der Waals surface area contributed by atoms with Gasteiger partial charge in [0, 0.05) is 43.4 Å². The molecule has 0 atom stereocenters. The van der Waals surface area contributed by atoms with E-state index in [0.717, 1.165) is 44.6 Å². The monoisotopic (exact) mass is 794 g/mol. The topological polar surface area (TPSA) is 51.8 Å². The van der Waals surface area contributed by atoms with Gasteiger partial charge in [0.05, 0.1) is 11.3 Å². The maximum atomic E-state index is 6.35. The van der Waals surface area contributed by atoms with E-state index >= 15 is 0 Å². The number of aromatic nitrogens is 3. The van der Waals surface area contributed by atoms with Crippen LogP contribution < -0.4 is 0 Å². The summed E-state index contributed by atoms with van der Waals surface area (Å²) in [5, 5.41) is 2.05. The fourth-order valence-electron chi connectivity index (χ4n) is 6.53. The van der Waals surface area contributed by atoms with Crippen molar-refractivity contribution < 1.29 is 24.5 Å². The van der Waals surface area contributed by atoms with E-state index in [9.17, 15) is 0 Å². The molecule has 0 saturated carbocycles.